The van der Waals surface area contributed by atoms with E-state index < -0.39 is 4.92 Å². The van der Waals surface area contributed by atoms with Crippen molar-refractivity contribution in [2.45, 2.75) is 19.4 Å². The summed E-state index contributed by atoms with van der Waals surface area (Å²) in [5.41, 5.74) is 6.11. The number of carbonyl (C=O) groups excluding carboxylic acids is 1. The highest BCUT2D eigenvalue weighted by Crippen LogP contribution is 2.29. The van der Waals surface area contributed by atoms with E-state index in [1.165, 1.54) is 25.3 Å². The molecule has 7 nitrogen and oxygen atoms in total. The molecule has 2 unspecified atom stereocenters. The number of nitrogens with zero attached hydrogens (tertiary/aromatic N) is 2. The van der Waals surface area contributed by atoms with Crippen LogP contribution in [0.2, 0.25) is 0 Å². The van der Waals surface area contributed by atoms with Crippen LogP contribution in [0.5, 0.6) is 5.75 Å². The molecule has 1 fully saturated rings. The van der Waals surface area contributed by atoms with Crippen molar-refractivity contribution < 1.29 is 14.5 Å². The first-order valence-electron chi connectivity index (χ1n) is 6.81. The second kappa shape index (κ2) is 6.09. The molecule has 0 spiro atoms. The number of likely N-dealkylation sites (tertiary alicyclic amines) is 1. The number of nitrogens with two attached hydrogens (primary N) is 1. The summed E-state index contributed by atoms with van der Waals surface area (Å²) in [6.45, 7) is 3.22. The highest BCUT2D eigenvalue weighted by Gasteiger charge is 2.29. The second-order valence-electron chi connectivity index (χ2n) is 5.30. The van der Waals surface area contributed by atoms with Gasteiger partial charge in [-0.1, -0.05) is 0 Å². The average Bonchev–Trinajstić information content (AvgIpc) is 2.95. The minimum absolute atomic E-state index is 0.0502. The standard InChI is InChI=1S/C14H19N3O4/c1-9(15)11-5-6-16(8-11)14(18)10-3-4-12(17(19)20)13(7-10)21-2/h3-4,7,9,11H,5-6,8,15H2,1-2H3. The first-order valence-corrected chi connectivity index (χ1v) is 6.81. The Balaban J connectivity index is 2.19. The Kier molecular flexibility index (Phi) is 4.42. The van der Waals surface area contributed by atoms with Gasteiger partial charge in [-0.05, 0) is 25.3 Å². The van der Waals surface area contributed by atoms with Gasteiger partial charge in [0.15, 0.2) is 5.75 Å². The molecule has 0 radical (unpaired) electrons. The molecule has 0 aromatic heterocycles. The molecule has 114 valence electrons. The first-order chi connectivity index (χ1) is 9.93. The molecule has 21 heavy (non-hydrogen) atoms. The molecule has 2 N–H and O–H groups in total. The number of nitro benzene ring substituents is 1. The third kappa shape index (κ3) is 3.13. The molecule has 1 aliphatic rings. The Morgan fingerprint density at radius 3 is 2.81 bits per heavy atom. The van der Waals surface area contributed by atoms with Crippen molar-refractivity contribution in [2.24, 2.45) is 11.7 Å². The predicted octanol–water partition coefficient (Wildman–Crippen LogP) is 1.41. The monoisotopic (exact) mass is 293 g/mol. The van der Waals surface area contributed by atoms with Crippen molar-refractivity contribution in [1.82, 2.24) is 4.90 Å². The Morgan fingerprint density at radius 1 is 1.57 bits per heavy atom. The second-order valence-corrected chi connectivity index (χ2v) is 5.30. The maximum absolute atomic E-state index is 12.4. The predicted molar refractivity (Wildman–Crippen MR) is 77.3 cm³/mol. The van der Waals surface area contributed by atoms with Crippen molar-refractivity contribution in [3.8, 4) is 5.75 Å². The fourth-order valence-electron chi connectivity index (χ4n) is 2.54. The lowest BCUT2D eigenvalue weighted by Gasteiger charge is -2.18. The average molecular weight is 293 g/mol. The van der Waals surface area contributed by atoms with Gasteiger partial charge in [-0.15, -0.1) is 0 Å². The molecule has 1 aromatic rings. The summed E-state index contributed by atoms with van der Waals surface area (Å²) in [4.78, 5) is 24.5. The van der Waals surface area contributed by atoms with E-state index in [0.717, 1.165) is 6.42 Å². The quantitative estimate of drug-likeness (QED) is 0.668. The van der Waals surface area contributed by atoms with Gasteiger partial charge in [0.1, 0.15) is 0 Å². The molecule has 7 heteroatoms. The zero-order valence-corrected chi connectivity index (χ0v) is 12.1. The van der Waals surface area contributed by atoms with Gasteiger partial charge in [-0.25, -0.2) is 0 Å². The molecule has 0 aliphatic carbocycles. The normalized spacial score (nSPS) is 19.4. The zero-order chi connectivity index (χ0) is 15.6. The Bertz CT molecular complexity index is 559. The van der Waals surface area contributed by atoms with E-state index in [1.807, 2.05) is 6.92 Å². The van der Waals surface area contributed by atoms with Crippen LogP contribution in [-0.2, 0) is 0 Å². The Morgan fingerprint density at radius 2 is 2.29 bits per heavy atom. The van der Waals surface area contributed by atoms with E-state index in [1.54, 1.807) is 4.90 Å². The van der Waals surface area contributed by atoms with E-state index >= 15 is 0 Å². The zero-order valence-electron chi connectivity index (χ0n) is 12.1. The van der Waals surface area contributed by atoms with E-state index in [2.05, 4.69) is 0 Å². The highest BCUT2D eigenvalue weighted by molar-refractivity contribution is 5.95. The summed E-state index contributed by atoms with van der Waals surface area (Å²) < 4.78 is 4.99. The molecule has 1 aromatic carbocycles. The van der Waals surface area contributed by atoms with Gasteiger partial charge in [-0.2, -0.15) is 0 Å². The fourth-order valence-corrected chi connectivity index (χ4v) is 2.54. The third-order valence-electron chi connectivity index (χ3n) is 3.88. The summed E-state index contributed by atoms with van der Waals surface area (Å²) >= 11 is 0. The van der Waals surface area contributed by atoms with E-state index in [4.69, 9.17) is 10.5 Å². The molecule has 1 saturated heterocycles. The van der Waals surface area contributed by atoms with Crippen LogP contribution in [0.3, 0.4) is 0 Å². The highest BCUT2D eigenvalue weighted by atomic mass is 16.6. The van der Waals surface area contributed by atoms with Crippen LogP contribution >= 0.6 is 0 Å². The minimum atomic E-state index is -0.533. The first kappa shape index (κ1) is 15.2. The molecular weight excluding hydrogens is 274 g/mol. The number of hydrogen-bond acceptors (Lipinski definition) is 5. The molecule has 1 aliphatic heterocycles. The van der Waals surface area contributed by atoms with Gasteiger partial charge in [0, 0.05) is 36.8 Å². The van der Waals surface area contributed by atoms with Gasteiger partial charge in [0.25, 0.3) is 5.91 Å². The van der Waals surface area contributed by atoms with Crippen LogP contribution in [0.1, 0.15) is 23.7 Å². The number of rotatable bonds is 4. The maximum atomic E-state index is 12.4. The summed E-state index contributed by atoms with van der Waals surface area (Å²) in [7, 11) is 1.35. The minimum Gasteiger partial charge on any atom is -0.490 e. The summed E-state index contributed by atoms with van der Waals surface area (Å²) in [5.74, 6) is 0.244. The van der Waals surface area contributed by atoms with Crippen LogP contribution in [0, 0.1) is 16.0 Å². The molecule has 2 rings (SSSR count). The van der Waals surface area contributed by atoms with Crippen LogP contribution in [0.4, 0.5) is 5.69 Å². The number of methoxy groups -OCH3 is 1. The number of carbonyl (C=O) groups is 1. The van der Waals surface area contributed by atoms with E-state index in [-0.39, 0.29) is 23.4 Å². The Labute approximate surface area is 122 Å². The van der Waals surface area contributed by atoms with Crippen LogP contribution in [-0.4, -0.2) is 42.0 Å². The molecule has 1 amide bonds. The fraction of sp³-hybridized carbons (Fsp3) is 0.500. The molecule has 2 atom stereocenters. The van der Waals surface area contributed by atoms with Crippen molar-refractivity contribution in [3.63, 3.8) is 0 Å². The van der Waals surface area contributed by atoms with Gasteiger partial charge >= 0.3 is 5.69 Å². The smallest absolute Gasteiger partial charge is 0.310 e. The SMILES string of the molecule is COc1cc(C(=O)N2CCC(C(C)N)C2)ccc1[N+](=O)[O-]. The van der Waals surface area contributed by atoms with E-state index in [0.29, 0.717) is 24.6 Å². The lowest BCUT2D eigenvalue weighted by molar-refractivity contribution is -0.385. The number of hydrogen-bond donors (Lipinski definition) is 1. The van der Waals surface area contributed by atoms with Crippen molar-refractivity contribution in [2.75, 3.05) is 20.2 Å². The number of ether oxygens (including phenoxy) is 1. The van der Waals surface area contributed by atoms with Gasteiger partial charge < -0.3 is 15.4 Å². The lowest BCUT2D eigenvalue weighted by Crippen LogP contribution is -2.33. The molecular formula is C14H19N3O4. The summed E-state index contributed by atoms with van der Waals surface area (Å²) in [5, 5.41) is 10.9. The van der Waals surface area contributed by atoms with Crippen molar-refractivity contribution >= 4 is 11.6 Å². The largest absolute Gasteiger partial charge is 0.490 e. The topological polar surface area (TPSA) is 98.7 Å². The molecule has 0 saturated carbocycles. The van der Waals surface area contributed by atoms with E-state index in [9.17, 15) is 14.9 Å². The number of nitro groups is 1. The number of amides is 1. The van der Waals surface area contributed by atoms with Gasteiger partial charge in [-0.3, -0.25) is 14.9 Å². The Hall–Kier alpha value is -2.15. The molecule has 0 bridgehead atoms. The number of benzene rings is 1. The lowest BCUT2D eigenvalue weighted by atomic mass is 10.0. The molecule has 1 heterocycles. The summed E-state index contributed by atoms with van der Waals surface area (Å²) in [6, 6.07) is 4.22. The van der Waals surface area contributed by atoms with Gasteiger partial charge in [0.05, 0.1) is 12.0 Å². The van der Waals surface area contributed by atoms with Gasteiger partial charge in [0.2, 0.25) is 0 Å². The summed E-state index contributed by atoms with van der Waals surface area (Å²) in [6.07, 6.45) is 0.882. The van der Waals surface area contributed by atoms with Crippen LogP contribution in [0.25, 0.3) is 0 Å². The maximum Gasteiger partial charge on any atom is 0.310 e. The third-order valence-corrected chi connectivity index (χ3v) is 3.88. The van der Waals surface area contributed by atoms with Crippen molar-refractivity contribution in [3.05, 3.63) is 33.9 Å². The van der Waals surface area contributed by atoms with Crippen LogP contribution < -0.4 is 10.5 Å². The van der Waals surface area contributed by atoms with Crippen LogP contribution in [0.15, 0.2) is 18.2 Å². The van der Waals surface area contributed by atoms with Crippen molar-refractivity contribution in [1.29, 1.82) is 0 Å².